The van der Waals surface area contributed by atoms with Gasteiger partial charge in [0.25, 0.3) is 0 Å². The van der Waals surface area contributed by atoms with Gasteiger partial charge in [0.2, 0.25) is 11.8 Å². The van der Waals surface area contributed by atoms with Gasteiger partial charge >= 0.3 is 5.69 Å². The van der Waals surface area contributed by atoms with Crippen LogP contribution in [0.4, 0.5) is 5.69 Å². The first kappa shape index (κ1) is 13.9. The zero-order valence-electron chi connectivity index (χ0n) is 11.8. The SMILES string of the molecule is CCCc1nc(-n2ccnc2)nc(-n2ccnc2)c1[N+](=O)[O-]. The van der Waals surface area contributed by atoms with Crippen LogP contribution in [-0.2, 0) is 6.42 Å². The van der Waals surface area contributed by atoms with Crippen LogP contribution < -0.4 is 0 Å². The van der Waals surface area contributed by atoms with E-state index in [2.05, 4.69) is 19.9 Å². The van der Waals surface area contributed by atoms with Gasteiger partial charge < -0.3 is 0 Å². The Kier molecular flexibility index (Phi) is 3.60. The lowest BCUT2D eigenvalue weighted by Crippen LogP contribution is -2.11. The van der Waals surface area contributed by atoms with Crippen molar-refractivity contribution in [1.82, 2.24) is 29.1 Å². The maximum Gasteiger partial charge on any atom is 0.333 e. The monoisotopic (exact) mass is 299 g/mol. The van der Waals surface area contributed by atoms with Gasteiger partial charge in [-0.05, 0) is 6.42 Å². The molecule has 22 heavy (non-hydrogen) atoms. The van der Waals surface area contributed by atoms with Crippen molar-refractivity contribution in [3.8, 4) is 11.8 Å². The van der Waals surface area contributed by atoms with E-state index in [1.165, 1.54) is 10.9 Å². The van der Waals surface area contributed by atoms with E-state index in [0.29, 0.717) is 18.1 Å². The Labute approximate surface area is 125 Å². The summed E-state index contributed by atoms with van der Waals surface area (Å²) in [4.78, 5) is 27.6. The predicted octanol–water partition coefficient (Wildman–Crippen LogP) is 1.71. The first-order chi connectivity index (χ1) is 10.7. The molecule has 3 aromatic rings. The maximum atomic E-state index is 11.5. The van der Waals surface area contributed by atoms with E-state index in [1.807, 2.05) is 6.92 Å². The van der Waals surface area contributed by atoms with Crippen molar-refractivity contribution in [2.45, 2.75) is 19.8 Å². The molecule has 0 aliphatic rings. The molecule has 0 amide bonds. The molecule has 0 atom stereocenters. The average Bonchev–Trinajstić information content (AvgIpc) is 3.20. The van der Waals surface area contributed by atoms with Crippen LogP contribution in [0.1, 0.15) is 19.0 Å². The van der Waals surface area contributed by atoms with E-state index in [4.69, 9.17) is 0 Å². The number of rotatable bonds is 5. The highest BCUT2D eigenvalue weighted by molar-refractivity contribution is 5.52. The Morgan fingerprint density at radius 3 is 2.36 bits per heavy atom. The highest BCUT2D eigenvalue weighted by Crippen LogP contribution is 2.26. The summed E-state index contributed by atoms with van der Waals surface area (Å²) >= 11 is 0. The third kappa shape index (κ3) is 2.43. The molecule has 0 aromatic carbocycles. The van der Waals surface area contributed by atoms with Gasteiger partial charge in [-0.25, -0.2) is 15.0 Å². The van der Waals surface area contributed by atoms with Crippen LogP contribution in [0.2, 0.25) is 0 Å². The highest BCUT2D eigenvalue weighted by atomic mass is 16.6. The number of hydrogen-bond acceptors (Lipinski definition) is 6. The highest BCUT2D eigenvalue weighted by Gasteiger charge is 2.25. The van der Waals surface area contributed by atoms with Gasteiger partial charge in [0.05, 0.1) is 4.92 Å². The molecule has 0 unspecified atom stereocenters. The minimum absolute atomic E-state index is 0.0938. The lowest BCUT2D eigenvalue weighted by molar-refractivity contribution is -0.385. The number of aryl methyl sites for hydroxylation is 1. The first-order valence-corrected chi connectivity index (χ1v) is 6.72. The Hall–Kier alpha value is -3.10. The summed E-state index contributed by atoms with van der Waals surface area (Å²) in [5, 5.41) is 11.5. The molecule has 9 nitrogen and oxygen atoms in total. The molecule has 0 saturated heterocycles. The molecule has 0 saturated carbocycles. The fourth-order valence-corrected chi connectivity index (χ4v) is 2.13. The Morgan fingerprint density at radius 1 is 1.14 bits per heavy atom. The van der Waals surface area contributed by atoms with Crippen molar-refractivity contribution in [3.05, 3.63) is 53.3 Å². The Balaban J connectivity index is 2.26. The quantitative estimate of drug-likeness (QED) is 0.524. The maximum absolute atomic E-state index is 11.5. The molecule has 9 heteroatoms. The van der Waals surface area contributed by atoms with Crippen LogP contribution in [0.15, 0.2) is 37.4 Å². The second kappa shape index (κ2) is 5.72. The fourth-order valence-electron chi connectivity index (χ4n) is 2.13. The van der Waals surface area contributed by atoms with Crippen molar-refractivity contribution in [2.75, 3.05) is 0 Å². The van der Waals surface area contributed by atoms with Gasteiger partial charge in [-0.1, -0.05) is 13.3 Å². The van der Waals surface area contributed by atoms with Crippen LogP contribution in [0.3, 0.4) is 0 Å². The largest absolute Gasteiger partial charge is 0.333 e. The summed E-state index contributed by atoms with van der Waals surface area (Å²) < 4.78 is 3.13. The molecule has 0 N–H and O–H groups in total. The van der Waals surface area contributed by atoms with Crippen LogP contribution in [-0.4, -0.2) is 34.0 Å². The van der Waals surface area contributed by atoms with Gasteiger partial charge in [-0.3, -0.25) is 19.2 Å². The smallest absolute Gasteiger partial charge is 0.285 e. The molecular weight excluding hydrogens is 286 g/mol. The van der Waals surface area contributed by atoms with Crippen LogP contribution in [0.25, 0.3) is 11.8 Å². The summed E-state index contributed by atoms with van der Waals surface area (Å²) in [6, 6.07) is 0. The molecule has 0 radical (unpaired) electrons. The van der Waals surface area contributed by atoms with E-state index in [-0.39, 0.29) is 11.5 Å². The number of aromatic nitrogens is 6. The summed E-state index contributed by atoms with van der Waals surface area (Å²) in [5.74, 6) is 0.542. The minimum Gasteiger partial charge on any atom is -0.285 e. The molecule has 112 valence electrons. The van der Waals surface area contributed by atoms with Crippen LogP contribution in [0, 0.1) is 10.1 Å². The van der Waals surface area contributed by atoms with Crippen LogP contribution in [0.5, 0.6) is 0 Å². The van der Waals surface area contributed by atoms with E-state index in [0.717, 1.165) is 6.42 Å². The van der Waals surface area contributed by atoms with Gasteiger partial charge in [0, 0.05) is 24.8 Å². The van der Waals surface area contributed by atoms with Crippen molar-refractivity contribution in [3.63, 3.8) is 0 Å². The van der Waals surface area contributed by atoms with E-state index in [9.17, 15) is 10.1 Å². The lowest BCUT2D eigenvalue weighted by Gasteiger charge is -2.09. The molecule has 3 rings (SSSR count). The molecule has 0 spiro atoms. The normalized spacial score (nSPS) is 10.8. The van der Waals surface area contributed by atoms with Crippen molar-refractivity contribution >= 4 is 5.69 Å². The van der Waals surface area contributed by atoms with E-state index < -0.39 is 4.92 Å². The Morgan fingerprint density at radius 2 is 1.82 bits per heavy atom. The first-order valence-electron chi connectivity index (χ1n) is 6.72. The van der Waals surface area contributed by atoms with Crippen molar-refractivity contribution < 1.29 is 4.92 Å². The number of hydrogen-bond donors (Lipinski definition) is 0. The molecule has 0 fully saturated rings. The third-order valence-electron chi connectivity index (χ3n) is 3.08. The van der Waals surface area contributed by atoms with Crippen molar-refractivity contribution in [1.29, 1.82) is 0 Å². The number of nitrogens with zero attached hydrogens (tertiary/aromatic N) is 7. The molecule has 0 aliphatic carbocycles. The number of nitro groups is 1. The zero-order valence-corrected chi connectivity index (χ0v) is 11.8. The van der Waals surface area contributed by atoms with Gasteiger partial charge in [-0.15, -0.1) is 0 Å². The minimum atomic E-state index is -0.446. The van der Waals surface area contributed by atoms with E-state index in [1.54, 1.807) is 35.7 Å². The molecule has 0 bridgehead atoms. The molecule has 3 aromatic heterocycles. The van der Waals surface area contributed by atoms with Gasteiger partial charge in [0.15, 0.2) is 0 Å². The predicted molar refractivity (Wildman–Crippen MR) is 76.9 cm³/mol. The van der Waals surface area contributed by atoms with Crippen LogP contribution >= 0.6 is 0 Å². The Bertz CT molecular complexity index is 781. The lowest BCUT2D eigenvalue weighted by atomic mass is 10.2. The van der Waals surface area contributed by atoms with Crippen molar-refractivity contribution in [2.24, 2.45) is 0 Å². The zero-order chi connectivity index (χ0) is 15.5. The van der Waals surface area contributed by atoms with Gasteiger partial charge in [-0.2, -0.15) is 4.98 Å². The third-order valence-corrected chi connectivity index (χ3v) is 3.08. The number of imidazole rings is 2. The fraction of sp³-hybridized carbons (Fsp3) is 0.231. The second-order valence-corrected chi connectivity index (χ2v) is 4.59. The van der Waals surface area contributed by atoms with E-state index >= 15 is 0 Å². The standard InChI is InChI=1S/C13H13N7O2/c1-2-3-10-11(20(21)22)12(18-6-4-14-8-18)17-13(16-10)19-7-5-15-9-19/h4-9H,2-3H2,1H3. The topological polar surface area (TPSA) is 105 Å². The molecule has 3 heterocycles. The summed E-state index contributed by atoms with van der Waals surface area (Å²) in [5.41, 5.74) is 0.304. The molecule has 0 aliphatic heterocycles. The molecular formula is C13H13N7O2. The summed E-state index contributed by atoms with van der Waals surface area (Å²) in [6.07, 6.45) is 10.7. The average molecular weight is 299 g/mol. The summed E-state index contributed by atoms with van der Waals surface area (Å²) in [7, 11) is 0. The van der Waals surface area contributed by atoms with Gasteiger partial charge in [0.1, 0.15) is 18.3 Å². The second-order valence-electron chi connectivity index (χ2n) is 4.59. The summed E-state index contributed by atoms with van der Waals surface area (Å²) in [6.45, 7) is 1.94.